The van der Waals surface area contributed by atoms with Gasteiger partial charge in [-0.2, -0.15) is 0 Å². The molecule has 0 aliphatic carbocycles. The third kappa shape index (κ3) is 4.31. The summed E-state index contributed by atoms with van der Waals surface area (Å²) >= 11 is 1.45. The number of aromatic nitrogens is 1. The van der Waals surface area contributed by atoms with Crippen molar-refractivity contribution in [1.29, 1.82) is 0 Å². The lowest BCUT2D eigenvalue weighted by molar-refractivity contribution is 0.0526. The summed E-state index contributed by atoms with van der Waals surface area (Å²) in [6.45, 7) is 4.41. The normalized spacial score (nSPS) is 10.4. The van der Waals surface area contributed by atoms with Crippen LogP contribution in [0.15, 0.2) is 6.20 Å². The topological polar surface area (TPSA) is 39.2 Å². The van der Waals surface area contributed by atoms with Crippen molar-refractivity contribution < 1.29 is 9.53 Å². The van der Waals surface area contributed by atoms with Gasteiger partial charge in [0.15, 0.2) is 0 Å². The highest BCUT2D eigenvalue weighted by Crippen LogP contribution is 2.17. The van der Waals surface area contributed by atoms with Crippen molar-refractivity contribution >= 4 is 17.3 Å². The number of hydrogen-bond acceptors (Lipinski definition) is 4. The van der Waals surface area contributed by atoms with Crippen LogP contribution in [0.1, 0.15) is 54.2 Å². The largest absolute Gasteiger partial charge is 0.461 e. The van der Waals surface area contributed by atoms with Gasteiger partial charge in [-0.05, 0) is 19.8 Å². The Kier molecular flexibility index (Phi) is 6.08. The van der Waals surface area contributed by atoms with Crippen LogP contribution in [-0.4, -0.2) is 17.6 Å². The van der Waals surface area contributed by atoms with Gasteiger partial charge in [-0.15, -0.1) is 11.3 Å². The molecule has 0 saturated heterocycles. The Balaban J connectivity index is 2.36. The molecule has 1 aromatic rings. The van der Waals surface area contributed by atoms with Gasteiger partial charge < -0.3 is 4.74 Å². The molecule has 0 bridgehead atoms. The Morgan fingerprint density at radius 1 is 1.38 bits per heavy atom. The highest BCUT2D eigenvalue weighted by molar-refractivity contribution is 7.13. The maximum Gasteiger partial charge on any atom is 0.367 e. The van der Waals surface area contributed by atoms with Crippen molar-refractivity contribution in [3.8, 4) is 0 Å². The zero-order chi connectivity index (χ0) is 11.8. The minimum atomic E-state index is -0.299. The molecule has 0 unspecified atom stereocenters. The molecule has 16 heavy (non-hydrogen) atoms. The third-order valence-electron chi connectivity index (χ3n) is 2.28. The predicted octanol–water partition coefficient (Wildman–Crippen LogP) is 3.44. The molecule has 0 atom stereocenters. The van der Waals surface area contributed by atoms with Crippen molar-refractivity contribution in [1.82, 2.24) is 4.98 Å². The number of aryl methyl sites for hydroxylation is 1. The maximum atomic E-state index is 11.4. The van der Waals surface area contributed by atoms with E-state index in [1.807, 2.05) is 0 Å². The number of ether oxygens (including phenoxy) is 1. The lowest BCUT2D eigenvalue weighted by atomic mass is 10.1. The number of hydrogen-bond donors (Lipinski definition) is 0. The molecule has 0 radical (unpaired) electrons. The fraction of sp³-hybridized carbons (Fsp3) is 0.667. The van der Waals surface area contributed by atoms with Gasteiger partial charge in [0.1, 0.15) is 0 Å². The maximum absolute atomic E-state index is 11.4. The molecule has 0 aliphatic heterocycles. The van der Waals surface area contributed by atoms with Gasteiger partial charge in [-0.3, -0.25) is 0 Å². The molecular formula is C12H19NO2S. The summed E-state index contributed by atoms with van der Waals surface area (Å²) in [5, 5.41) is 0.479. The average Bonchev–Trinajstić information content (AvgIpc) is 2.73. The van der Waals surface area contributed by atoms with E-state index >= 15 is 0 Å². The standard InChI is InChI=1S/C12H19NO2S/c1-3-5-6-7-8-10-9-13-11(16-10)12(14)15-4-2/h9H,3-8H2,1-2H3. The predicted molar refractivity (Wildman–Crippen MR) is 65.9 cm³/mol. The Morgan fingerprint density at radius 3 is 2.88 bits per heavy atom. The zero-order valence-electron chi connectivity index (χ0n) is 9.99. The van der Waals surface area contributed by atoms with Gasteiger partial charge in [0.25, 0.3) is 0 Å². The van der Waals surface area contributed by atoms with Crippen molar-refractivity contribution in [2.45, 2.75) is 46.0 Å². The minimum Gasteiger partial charge on any atom is -0.461 e. The molecule has 0 aromatic carbocycles. The molecule has 90 valence electrons. The summed E-state index contributed by atoms with van der Waals surface area (Å²) in [6.07, 6.45) is 7.78. The van der Waals surface area contributed by atoms with Crippen LogP contribution in [0.25, 0.3) is 0 Å². The molecule has 1 rings (SSSR count). The van der Waals surface area contributed by atoms with Crippen molar-refractivity contribution in [2.75, 3.05) is 6.61 Å². The first-order valence-electron chi connectivity index (χ1n) is 5.89. The molecule has 1 heterocycles. The second-order valence-corrected chi connectivity index (χ2v) is 4.78. The highest BCUT2D eigenvalue weighted by atomic mass is 32.1. The van der Waals surface area contributed by atoms with E-state index in [4.69, 9.17) is 4.74 Å². The Morgan fingerprint density at radius 2 is 2.19 bits per heavy atom. The molecule has 3 nitrogen and oxygen atoms in total. The number of carbonyl (C=O) groups excluding carboxylic acids is 1. The number of thiazole rings is 1. The van der Waals surface area contributed by atoms with E-state index in [0.29, 0.717) is 11.6 Å². The summed E-state index contributed by atoms with van der Waals surface area (Å²) in [5.74, 6) is -0.299. The Hall–Kier alpha value is -0.900. The molecule has 0 aliphatic rings. The van der Waals surface area contributed by atoms with E-state index in [1.165, 1.54) is 41.9 Å². The van der Waals surface area contributed by atoms with Gasteiger partial charge in [0.2, 0.25) is 5.01 Å². The third-order valence-corrected chi connectivity index (χ3v) is 3.32. The van der Waals surface area contributed by atoms with Crippen LogP contribution in [0, 0.1) is 0 Å². The van der Waals surface area contributed by atoms with E-state index in [-0.39, 0.29) is 5.97 Å². The van der Waals surface area contributed by atoms with Crippen molar-refractivity contribution in [2.24, 2.45) is 0 Å². The van der Waals surface area contributed by atoms with Gasteiger partial charge in [-0.25, -0.2) is 9.78 Å². The van der Waals surface area contributed by atoms with Gasteiger partial charge >= 0.3 is 5.97 Å². The molecule has 0 N–H and O–H groups in total. The Bertz CT molecular complexity index is 323. The Labute approximate surface area is 101 Å². The number of nitrogens with zero attached hydrogens (tertiary/aromatic N) is 1. The van der Waals surface area contributed by atoms with Crippen LogP contribution in [0.2, 0.25) is 0 Å². The van der Waals surface area contributed by atoms with Crippen molar-refractivity contribution in [3.05, 3.63) is 16.1 Å². The van der Waals surface area contributed by atoms with Gasteiger partial charge in [-0.1, -0.05) is 26.2 Å². The van der Waals surface area contributed by atoms with Crippen LogP contribution in [-0.2, 0) is 11.2 Å². The first kappa shape index (κ1) is 13.2. The smallest absolute Gasteiger partial charge is 0.367 e. The number of unbranched alkanes of at least 4 members (excludes halogenated alkanes) is 3. The molecule has 0 amide bonds. The SMILES string of the molecule is CCCCCCc1cnc(C(=O)OCC)s1. The molecule has 0 saturated carbocycles. The van der Waals surface area contributed by atoms with Crippen LogP contribution in [0.3, 0.4) is 0 Å². The fourth-order valence-corrected chi connectivity index (χ4v) is 2.28. The lowest BCUT2D eigenvalue weighted by Gasteiger charge is -1.96. The van der Waals surface area contributed by atoms with E-state index < -0.39 is 0 Å². The monoisotopic (exact) mass is 241 g/mol. The van der Waals surface area contributed by atoms with Gasteiger partial charge in [0.05, 0.1) is 6.61 Å². The number of carbonyl (C=O) groups is 1. The molecule has 1 aromatic heterocycles. The van der Waals surface area contributed by atoms with E-state index in [1.54, 1.807) is 13.1 Å². The zero-order valence-corrected chi connectivity index (χ0v) is 10.8. The lowest BCUT2D eigenvalue weighted by Crippen LogP contribution is -2.03. The quantitative estimate of drug-likeness (QED) is 0.542. The van der Waals surface area contributed by atoms with Crippen LogP contribution >= 0.6 is 11.3 Å². The van der Waals surface area contributed by atoms with Crippen molar-refractivity contribution in [3.63, 3.8) is 0 Å². The van der Waals surface area contributed by atoms with Crippen LogP contribution in [0.4, 0.5) is 0 Å². The second-order valence-electron chi connectivity index (χ2n) is 3.66. The van der Waals surface area contributed by atoms with E-state index in [2.05, 4.69) is 11.9 Å². The second kappa shape index (κ2) is 7.39. The highest BCUT2D eigenvalue weighted by Gasteiger charge is 2.11. The van der Waals surface area contributed by atoms with E-state index in [9.17, 15) is 4.79 Å². The fourth-order valence-electron chi connectivity index (χ4n) is 1.44. The molecular weight excluding hydrogens is 222 g/mol. The number of esters is 1. The summed E-state index contributed by atoms with van der Waals surface area (Å²) in [7, 11) is 0. The summed E-state index contributed by atoms with van der Waals surface area (Å²) in [4.78, 5) is 16.6. The number of rotatable bonds is 7. The summed E-state index contributed by atoms with van der Waals surface area (Å²) in [5.41, 5.74) is 0. The minimum absolute atomic E-state index is 0.299. The van der Waals surface area contributed by atoms with E-state index in [0.717, 1.165) is 6.42 Å². The molecule has 4 heteroatoms. The van der Waals surface area contributed by atoms with Gasteiger partial charge in [0, 0.05) is 11.1 Å². The first-order valence-corrected chi connectivity index (χ1v) is 6.71. The summed E-state index contributed by atoms with van der Waals surface area (Å²) < 4.78 is 4.89. The molecule has 0 fully saturated rings. The first-order chi connectivity index (χ1) is 7.77. The van der Waals surface area contributed by atoms with Crippen LogP contribution < -0.4 is 0 Å². The average molecular weight is 241 g/mol. The summed E-state index contributed by atoms with van der Waals surface area (Å²) in [6, 6.07) is 0. The van der Waals surface area contributed by atoms with Crippen LogP contribution in [0.5, 0.6) is 0 Å². The molecule has 0 spiro atoms.